The van der Waals surface area contributed by atoms with Gasteiger partial charge in [-0.3, -0.25) is 4.52 Å². The fourth-order valence-electron chi connectivity index (χ4n) is 7.20. The molecule has 0 saturated heterocycles. The van der Waals surface area contributed by atoms with Crippen LogP contribution in [0.25, 0.3) is 43.5 Å². The van der Waals surface area contributed by atoms with Gasteiger partial charge in [-0.25, -0.2) is 0 Å². The standard InChI is InChI=1S/C47H37O3P3/c1-5-19-38(20-6-1)51(39-21-7-2-8-22-39)33-37(34-52(40-23-9-3-10-24-40)41-25-11-4-12-26-41)48-53-49-44-31-29-35-17-13-15-27-42(35)46(44)47-43-28-16-14-18-36(43)30-32-45(47)50-53/h1-32,37H,33-34H2. The molecule has 53 heavy (non-hydrogen) atoms. The van der Waals surface area contributed by atoms with Gasteiger partial charge in [-0.15, -0.1) is 0 Å². The second-order valence-corrected chi connectivity index (χ2v) is 18.5. The van der Waals surface area contributed by atoms with Crippen LogP contribution in [0.3, 0.4) is 0 Å². The predicted octanol–water partition coefficient (Wildman–Crippen LogP) is 11.7. The van der Waals surface area contributed by atoms with E-state index in [2.05, 4.69) is 194 Å². The van der Waals surface area contributed by atoms with Crippen LogP contribution in [0, 0.1) is 0 Å². The first kappa shape index (κ1) is 33.8. The monoisotopic (exact) mass is 742 g/mol. The molecule has 6 heteroatoms. The summed E-state index contributed by atoms with van der Waals surface area (Å²) in [5.41, 5.74) is 1.57. The lowest BCUT2D eigenvalue weighted by Gasteiger charge is -2.28. The van der Waals surface area contributed by atoms with Gasteiger partial charge >= 0.3 is 8.24 Å². The average molecular weight is 743 g/mol. The average Bonchev–Trinajstić information content (AvgIpc) is 3.39. The van der Waals surface area contributed by atoms with Crippen molar-refractivity contribution in [3.63, 3.8) is 0 Å². The summed E-state index contributed by atoms with van der Waals surface area (Å²) in [5.74, 6) is 0. The van der Waals surface area contributed by atoms with Gasteiger partial charge in [0, 0.05) is 23.1 Å². The third kappa shape index (κ3) is 7.20. The number of fused-ring (bicyclic) bond motifs is 7. The molecular weight excluding hydrogens is 705 g/mol. The summed E-state index contributed by atoms with van der Waals surface area (Å²) < 4.78 is 21.2. The molecule has 3 nitrogen and oxygen atoms in total. The Morgan fingerprint density at radius 1 is 0.396 bits per heavy atom. The maximum Gasteiger partial charge on any atom is 0.387 e. The fourth-order valence-corrected chi connectivity index (χ4v) is 13.6. The molecule has 0 saturated carbocycles. The minimum atomic E-state index is -1.84. The second-order valence-electron chi connectivity index (χ2n) is 13.0. The first-order chi connectivity index (χ1) is 26.3. The SMILES string of the molecule is c1ccc(P(CC(CP(c2ccccc2)c2ccccc2)Op2oc3ccc4ccccc4c3c3c(ccc4ccccc43)o2)c2ccccc2)cc1. The molecule has 1 aromatic heterocycles. The van der Waals surface area contributed by atoms with Gasteiger partial charge in [-0.1, -0.05) is 182 Å². The highest BCUT2D eigenvalue weighted by Crippen LogP contribution is 2.44. The number of benzene rings is 8. The molecule has 0 N–H and O–H groups in total. The molecule has 1 heterocycles. The summed E-state index contributed by atoms with van der Waals surface area (Å²) in [5, 5.41) is 12.0. The molecule has 0 bridgehead atoms. The molecule has 0 aliphatic heterocycles. The lowest BCUT2D eigenvalue weighted by Crippen LogP contribution is -2.31. The summed E-state index contributed by atoms with van der Waals surface area (Å²) in [7, 11) is -3.36. The zero-order chi connectivity index (χ0) is 35.4. The number of hydrogen-bond acceptors (Lipinski definition) is 3. The van der Waals surface area contributed by atoms with E-state index in [1.54, 1.807) is 0 Å². The van der Waals surface area contributed by atoms with Crippen molar-refractivity contribution in [3.8, 4) is 0 Å². The molecule has 8 aromatic carbocycles. The van der Waals surface area contributed by atoms with Crippen molar-refractivity contribution in [2.45, 2.75) is 6.10 Å². The Balaban J connectivity index is 1.24. The van der Waals surface area contributed by atoms with Gasteiger partial charge in [0.15, 0.2) is 0 Å². The zero-order valence-electron chi connectivity index (χ0n) is 29.0. The van der Waals surface area contributed by atoms with Gasteiger partial charge in [-0.2, -0.15) is 0 Å². The Morgan fingerprint density at radius 2 is 0.736 bits per heavy atom. The second kappa shape index (κ2) is 15.5. The maximum atomic E-state index is 7.31. The Bertz CT molecular complexity index is 2400. The first-order valence-electron chi connectivity index (χ1n) is 17.9. The van der Waals surface area contributed by atoms with Crippen LogP contribution >= 0.6 is 24.1 Å². The van der Waals surface area contributed by atoms with Crippen molar-refractivity contribution in [2.75, 3.05) is 12.3 Å². The minimum Gasteiger partial charge on any atom is -0.399 e. The maximum absolute atomic E-state index is 7.31. The van der Waals surface area contributed by atoms with E-state index < -0.39 is 24.1 Å². The summed E-state index contributed by atoms with van der Waals surface area (Å²) >= 11 is 0. The largest absolute Gasteiger partial charge is 0.399 e. The molecule has 0 aliphatic carbocycles. The van der Waals surface area contributed by atoms with Gasteiger partial charge in [0.25, 0.3) is 0 Å². The fraction of sp³-hybridized carbons (Fsp3) is 0.0638. The molecule has 9 rings (SSSR count). The molecule has 0 atom stereocenters. The van der Waals surface area contributed by atoms with E-state index in [4.69, 9.17) is 12.9 Å². The quantitative estimate of drug-likeness (QED) is 0.131. The lowest BCUT2D eigenvalue weighted by molar-refractivity contribution is 0.308. The van der Waals surface area contributed by atoms with E-state index in [0.29, 0.717) is 0 Å². The Hall–Kier alpha value is -5.00. The third-order valence-corrected chi connectivity index (χ3v) is 16.0. The highest BCUT2D eigenvalue weighted by atomic mass is 31.1. The van der Waals surface area contributed by atoms with Gasteiger partial charge < -0.3 is 8.39 Å². The van der Waals surface area contributed by atoms with Crippen LogP contribution in [0.1, 0.15) is 0 Å². The lowest BCUT2D eigenvalue weighted by atomic mass is 9.99. The first-order valence-corrected chi connectivity index (χ1v) is 22.1. The Labute approximate surface area is 313 Å². The number of hydrogen-bond donors (Lipinski definition) is 0. The molecule has 0 fully saturated rings. The number of rotatable bonds is 10. The normalized spacial score (nSPS) is 11.8. The van der Waals surface area contributed by atoms with Crippen LogP contribution in [-0.2, 0) is 0 Å². The van der Waals surface area contributed by atoms with E-state index in [1.165, 1.54) is 21.2 Å². The molecule has 0 amide bonds. The van der Waals surface area contributed by atoms with E-state index in [1.807, 2.05) is 0 Å². The molecule has 0 aliphatic rings. The van der Waals surface area contributed by atoms with Crippen LogP contribution in [0.2, 0.25) is 0 Å². The van der Waals surface area contributed by atoms with Crippen LogP contribution in [0.4, 0.5) is 0 Å². The van der Waals surface area contributed by atoms with E-state index in [-0.39, 0.29) is 6.10 Å². The van der Waals surface area contributed by atoms with E-state index in [0.717, 1.165) is 55.8 Å². The third-order valence-electron chi connectivity index (χ3n) is 9.66. The molecule has 0 radical (unpaired) electrons. The highest BCUT2D eigenvalue weighted by Gasteiger charge is 2.27. The van der Waals surface area contributed by atoms with Crippen molar-refractivity contribution in [1.82, 2.24) is 0 Å². The van der Waals surface area contributed by atoms with Crippen molar-refractivity contribution in [2.24, 2.45) is 0 Å². The zero-order valence-corrected chi connectivity index (χ0v) is 31.7. The minimum absolute atomic E-state index is 0.176. The Kier molecular flexibility index (Phi) is 9.91. The van der Waals surface area contributed by atoms with E-state index >= 15 is 0 Å². The van der Waals surface area contributed by atoms with Crippen molar-refractivity contribution >= 4 is 88.8 Å². The van der Waals surface area contributed by atoms with E-state index in [9.17, 15) is 0 Å². The van der Waals surface area contributed by atoms with Gasteiger partial charge in [-0.05, 0) is 70.7 Å². The van der Waals surface area contributed by atoms with Gasteiger partial charge in [0.05, 0.1) is 6.10 Å². The summed E-state index contributed by atoms with van der Waals surface area (Å²) in [6.45, 7) is 0. The van der Waals surface area contributed by atoms with Crippen molar-refractivity contribution < 1.29 is 12.9 Å². The topological polar surface area (TPSA) is 35.5 Å². The molecule has 0 spiro atoms. The van der Waals surface area contributed by atoms with Gasteiger partial charge in [0.2, 0.25) is 0 Å². The summed E-state index contributed by atoms with van der Waals surface area (Å²) in [6.07, 6.45) is 1.47. The van der Waals surface area contributed by atoms with Crippen LogP contribution in [0.15, 0.2) is 203 Å². The van der Waals surface area contributed by atoms with Crippen molar-refractivity contribution in [3.05, 3.63) is 194 Å². The van der Waals surface area contributed by atoms with Crippen LogP contribution in [0.5, 0.6) is 0 Å². The molecule has 258 valence electrons. The molecule has 0 unspecified atom stereocenters. The summed E-state index contributed by atoms with van der Waals surface area (Å²) in [4.78, 5) is 0. The summed E-state index contributed by atoms with van der Waals surface area (Å²) in [6, 6.07) is 69.2. The smallest absolute Gasteiger partial charge is 0.387 e. The van der Waals surface area contributed by atoms with Crippen molar-refractivity contribution in [1.29, 1.82) is 0 Å². The molecule has 9 aromatic rings. The highest BCUT2D eigenvalue weighted by molar-refractivity contribution is 7.74. The van der Waals surface area contributed by atoms with Crippen LogP contribution < -0.4 is 25.7 Å². The predicted molar refractivity (Wildman–Crippen MR) is 230 cm³/mol. The van der Waals surface area contributed by atoms with Gasteiger partial charge in [0.1, 0.15) is 11.2 Å². The Morgan fingerprint density at radius 3 is 1.11 bits per heavy atom. The molecular formula is C47H37O3P3. The van der Waals surface area contributed by atoms with Crippen LogP contribution in [-0.4, -0.2) is 18.4 Å².